The highest BCUT2D eigenvalue weighted by atomic mass is 35.5. The summed E-state index contributed by atoms with van der Waals surface area (Å²) in [6.07, 6.45) is 0. The molecule has 18 heavy (non-hydrogen) atoms. The first-order chi connectivity index (χ1) is 8.72. The van der Waals surface area contributed by atoms with Crippen LogP contribution >= 0.6 is 35.2 Å². The number of thiophene rings is 1. The standard InChI is InChI=1S/C12H10ClN3S2/c1-2-16-11(14-15-12(16)17)10-9(13)7-5-3-4-6-8(7)18-10/h3-6H,2H2,1H3,(H,15,17). The highest BCUT2D eigenvalue weighted by Crippen LogP contribution is 2.41. The zero-order valence-corrected chi connectivity index (χ0v) is 12.0. The zero-order valence-electron chi connectivity index (χ0n) is 9.61. The average molecular weight is 296 g/mol. The molecule has 3 aromatic rings. The van der Waals surface area contributed by atoms with Gasteiger partial charge in [0.2, 0.25) is 0 Å². The van der Waals surface area contributed by atoms with Gasteiger partial charge in [-0.2, -0.15) is 5.10 Å². The number of aromatic nitrogens is 3. The first-order valence-corrected chi connectivity index (χ1v) is 7.15. The maximum Gasteiger partial charge on any atom is 0.195 e. The lowest BCUT2D eigenvalue weighted by Gasteiger charge is -2.00. The number of rotatable bonds is 2. The SMILES string of the molecule is CCn1c(-c2sc3ccccc3c2Cl)n[nH]c1=S. The molecule has 3 rings (SSSR count). The molecule has 0 bridgehead atoms. The molecular formula is C12H10ClN3S2. The van der Waals surface area contributed by atoms with Gasteiger partial charge in [-0.15, -0.1) is 11.3 Å². The molecule has 0 fully saturated rings. The lowest BCUT2D eigenvalue weighted by atomic mass is 10.2. The minimum absolute atomic E-state index is 0.626. The van der Waals surface area contributed by atoms with Gasteiger partial charge in [0.25, 0.3) is 0 Å². The second-order valence-corrected chi connectivity index (χ2v) is 5.65. The number of hydrogen-bond acceptors (Lipinski definition) is 3. The number of nitrogens with one attached hydrogen (secondary N) is 1. The molecule has 0 atom stereocenters. The fourth-order valence-electron chi connectivity index (χ4n) is 1.94. The van der Waals surface area contributed by atoms with Gasteiger partial charge < -0.3 is 0 Å². The number of fused-ring (bicyclic) bond motifs is 1. The van der Waals surface area contributed by atoms with Crippen LogP contribution in [0, 0.1) is 4.77 Å². The van der Waals surface area contributed by atoms with E-state index in [1.54, 1.807) is 11.3 Å². The van der Waals surface area contributed by atoms with E-state index in [4.69, 9.17) is 23.8 Å². The molecule has 0 amide bonds. The Bertz CT molecular complexity index is 769. The number of hydrogen-bond donors (Lipinski definition) is 1. The largest absolute Gasteiger partial charge is 0.300 e. The van der Waals surface area contributed by atoms with Gasteiger partial charge in [-0.3, -0.25) is 9.67 Å². The molecule has 0 saturated carbocycles. The number of halogens is 1. The zero-order chi connectivity index (χ0) is 12.7. The Morgan fingerprint density at radius 2 is 2.22 bits per heavy atom. The first-order valence-electron chi connectivity index (χ1n) is 5.55. The molecule has 92 valence electrons. The van der Waals surface area contributed by atoms with Crippen molar-refractivity contribution in [1.29, 1.82) is 0 Å². The Balaban J connectivity index is 2.31. The van der Waals surface area contributed by atoms with Crippen molar-refractivity contribution in [1.82, 2.24) is 14.8 Å². The van der Waals surface area contributed by atoms with E-state index in [-0.39, 0.29) is 0 Å². The van der Waals surface area contributed by atoms with Crippen LogP contribution in [-0.4, -0.2) is 14.8 Å². The summed E-state index contributed by atoms with van der Waals surface area (Å²) in [6, 6.07) is 8.08. The third-order valence-electron chi connectivity index (χ3n) is 2.81. The summed E-state index contributed by atoms with van der Waals surface area (Å²) in [5.74, 6) is 0.814. The van der Waals surface area contributed by atoms with Crippen molar-refractivity contribution in [2.45, 2.75) is 13.5 Å². The van der Waals surface area contributed by atoms with Crippen LogP contribution in [0.2, 0.25) is 5.02 Å². The van der Waals surface area contributed by atoms with Crippen molar-refractivity contribution in [3.8, 4) is 10.7 Å². The molecule has 0 saturated heterocycles. The van der Waals surface area contributed by atoms with Crippen LogP contribution < -0.4 is 0 Å². The molecule has 3 nitrogen and oxygen atoms in total. The summed E-state index contributed by atoms with van der Waals surface area (Å²) in [7, 11) is 0. The van der Waals surface area contributed by atoms with Crippen LogP contribution in [0.3, 0.4) is 0 Å². The Labute approximate surface area is 118 Å². The van der Waals surface area contributed by atoms with Crippen molar-refractivity contribution >= 4 is 45.2 Å². The predicted molar refractivity (Wildman–Crippen MR) is 78.9 cm³/mol. The second-order valence-electron chi connectivity index (χ2n) is 3.84. The van der Waals surface area contributed by atoms with Crippen molar-refractivity contribution in [2.75, 3.05) is 0 Å². The Hall–Kier alpha value is -1.17. The van der Waals surface area contributed by atoms with Crippen molar-refractivity contribution in [2.24, 2.45) is 0 Å². The minimum atomic E-state index is 0.626. The predicted octanol–water partition coefficient (Wildman–Crippen LogP) is 4.50. The van der Waals surface area contributed by atoms with E-state index in [1.807, 2.05) is 29.7 Å². The molecule has 2 aromatic heterocycles. The highest BCUT2D eigenvalue weighted by Gasteiger charge is 2.16. The van der Waals surface area contributed by atoms with E-state index in [9.17, 15) is 0 Å². The van der Waals surface area contributed by atoms with Crippen LogP contribution in [-0.2, 0) is 6.54 Å². The molecule has 0 radical (unpaired) electrons. The Morgan fingerprint density at radius 3 is 2.94 bits per heavy atom. The quantitative estimate of drug-likeness (QED) is 0.706. The fraction of sp³-hybridized carbons (Fsp3) is 0.167. The Morgan fingerprint density at radius 1 is 1.44 bits per heavy atom. The molecule has 0 aliphatic carbocycles. The second kappa shape index (κ2) is 4.50. The summed E-state index contributed by atoms with van der Waals surface area (Å²) < 4.78 is 3.74. The molecule has 6 heteroatoms. The van der Waals surface area contributed by atoms with Crippen molar-refractivity contribution in [3.05, 3.63) is 34.1 Å². The number of nitrogens with zero attached hydrogens (tertiary/aromatic N) is 2. The van der Waals surface area contributed by atoms with Gasteiger partial charge >= 0.3 is 0 Å². The van der Waals surface area contributed by atoms with Crippen LogP contribution in [0.15, 0.2) is 24.3 Å². The summed E-state index contributed by atoms with van der Waals surface area (Å²) in [5.41, 5.74) is 0. The van der Waals surface area contributed by atoms with E-state index < -0.39 is 0 Å². The van der Waals surface area contributed by atoms with E-state index in [0.29, 0.717) is 4.77 Å². The van der Waals surface area contributed by atoms with E-state index >= 15 is 0 Å². The van der Waals surface area contributed by atoms with Gasteiger partial charge in [0.05, 0.1) is 9.90 Å². The first kappa shape index (κ1) is 11.9. The van der Waals surface area contributed by atoms with Gasteiger partial charge in [0.15, 0.2) is 10.6 Å². The third-order valence-corrected chi connectivity index (χ3v) is 4.80. The molecule has 0 aliphatic heterocycles. The van der Waals surface area contributed by atoms with Gasteiger partial charge in [-0.25, -0.2) is 0 Å². The van der Waals surface area contributed by atoms with Crippen LogP contribution in [0.4, 0.5) is 0 Å². The summed E-state index contributed by atoms with van der Waals surface area (Å²) in [6.45, 7) is 2.81. The lowest BCUT2D eigenvalue weighted by Crippen LogP contribution is -1.96. The van der Waals surface area contributed by atoms with Gasteiger partial charge in [0.1, 0.15) is 0 Å². The Kier molecular flexibility index (Phi) is 2.97. The minimum Gasteiger partial charge on any atom is -0.300 e. The van der Waals surface area contributed by atoms with Gasteiger partial charge in [-0.1, -0.05) is 29.8 Å². The molecule has 0 unspecified atom stereocenters. The molecule has 0 aliphatic rings. The average Bonchev–Trinajstić information content (AvgIpc) is 2.91. The van der Waals surface area contributed by atoms with E-state index in [0.717, 1.165) is 32.4 Å². The van der Waals surface area contributed by atoms with Gasteiger partial charge in [0, 0.05) is 16.6 Å². The lowest BCUT2D eigenvalue weighted by molar-refractivity contribution is 0.757. The van der Waals surface area contributed by atoms with E-state index in [1.165, 1.54) is 0 Å². The number of H-pyrrole nitrogens is 1. The van der Waals surface area contributed by atoms with E-state index in [2.05, 4.69) is 16.3 Å². The van der Waals surface area contributed by atoms with Crippen LogP contribution in [0.1, 0.15) is 6.92 Å². The number of aromatic amines is 1. The summed E-state index contributed by atoms with van der Waals surface area (Å²) in [4.78, 5) is 0.965. The van der Waals surface area contributed by atoms with Crippen molar-refractivity contribution < 1.29 is 0 Å². The maximum atomic E-state index is 6.44. The monoisotopic (exact) mass is 295 g/mol. The summed E-state index contributed by atoms with van der Waals surface area (Å²) >= 11 is 13.3. The highest BCUT2D eigenvalue weighted by molar-refractivity contribution is 7.71. The maximum absolute atomic E-state index is 6.44. The molecule has 2 heterocycles. The molecular weight excluding hydrogens is 286 g/mol. The fourth-order valence-corrected chi connectivity index (χ4v) is 3.72. The molecule has 1 aromatic carbocycles. The van der Waals surface area contributed by atoms with Crippen molar-refractivity contribution in [3.63, 3.8) is 0 Å². The summed E-state index contributed by atoms with van der Waals surface area (Å²) in [5, 5.41) is 8.92. The van der Waals surface area contributed by atoms with Gasteiger partial charge in [-0.05, 0) is 25.2 Å². The van der Waals surface area contributed by atoms with Crippen LogP contribution in [0.25, 0.3) is 20.8 Å². The topological polar surface area (TPSA) is 33.6 Å². The third kappa shape index (κ3) is 1.70. The number of benzene rings is 1. The molecule has 1 N–H and O–H groups in total. The van der Waals surface area contributed by atoms with Crippen LogP contribution in [0.5, 0.6) is 0 Å². The molecule has 0 spiro atoms. The smallest absolute Gasteiger partial charge is 0.195 e. The normalized spacial score (nSPS) is 11.2.